The van der Waals surface area contributed by atoms with Crippen LogP contribution in [-0.4, -0.2) is 10.3 Å². The maximum Gasteiger partial charge on any atom is 0.259 e. The molecule has 0 fully saturated rings. The SMILES string of the molecule is O=C1c2ccccc2C(CI)(c2ccccc2)N1c1ccccc1. The number of fused-ring (bicyclic) bond motifs is 1. The van der Waals surface area contributed by atoms with Crippen molar-refractivity contribution in [2.45, 2.75) is 5.54 Å². The highest BCUT2D eigenvalue weighted by atomic mass is 127. The largest absolute Gasteiger partial charge is 0.293 e. The van der Waals surface area contributed by atoms with Gasteiger partial charge in [-0.3, -0.25) is 9.69 Å². The molecule has 3 aromatic carbocycles. The molecule has 0 N–H and O–H groups in total. The number of carbonyl (C=O) groups is 1. The molecular weight excluding hydrogens is 409 g/mol. The summed E-state index contributed by atoms with van der Waals surface area (Å²) in [6.07, 6.45) is 0. The maximum absolute atomic E-state index is 13.3. The monoisotopic (exact) mass is 425 g/mol. The Labute approximate surface area is 155 Å². The van der Waals surface area contributed by atoms with E-state index in [1.54, 1.807) is 0 Å². The molecule has 3 heteroatoms. The zero-order valence-electron chi connectivity index (χ0n) is 13.0. The second-order valence-corrected chi connectivity index (χ2v) is 6.64. The van der Waals surface area contributed by atoms with Crippen LogP contribution in [0.5, 0.6) is 0 Å². The molecule has 0 aromatic heterocycles. The predicted octanol–water partition coefficient (Wildman–Crippen LogP) is 5.03. The Balaban J connectivity index is 2.04. The average molecular weight is 425 g/mol. The first kappa shape index (κ1) is 15.4. The van der Waals surface area contributed by atoms with Crippen molar-refractivity contribution >= 4 is 34.2 Å². The van der Waals surface area contributed by atoms with Gasteiger partial charge in [-0.1, -0.05) is 89.3 Å². The molecule has 0 aliphatic carbocycles. The Morgan fingerprint density at radius 2 is 1.38 bits per heavy atom. The zero-order valence-corrected chi connectivity index (χ0v) is 15.2. The number of hydrogen-bond acceptors (Lipinski definition) is 1. The minimum absolute atomic E-state index is 0.0670. The van der Waals surface area contributed by atoms with Gasteiger partial charge in [-0.15, -0.1) is 0 Å². The Morgan fingerprint density at radius 1 is 0.792 bits per heavy atom. The Kier molecular flexibility index (Phi) is 3.88. The molecule has 1 amide bonds. The van der Waals surface area contributed by atoms with Crippen molar-refractivity contribution < 1.29 is 4.79 Å². The van der Waals surface area contributed by atoms with E-state index >= 15 is 0 Å². The van der Waals surface area contributed by atoms with Crippen molar-refractivity contribution in [3.05, 3.63) is 102 Å². The fraction of sp³-hybridized carbons (Fsp3) is 0.0952. The summed E-state index contributed by atoms with van der Waals surface area (Å²) in [6.45, 7) is 0. The predicted molar refractivity (Wildman–Crippen MR) is 106 cm³/mol. The molecular formula is C21H16INO. The first-order chi connectivity index (χ1) is 11.8. The van der Waals surface area contributed by atoms with E-state index < -0.39 is 5.54 Å². The van der Waals surface area contributed by atoms with Crippen LogP contribution in [0.1, 0.15) is 21.5 Å². The summed E-state index contributed by atoms with van der Waals surface area (Å²) < 4.78 is 0.784. The molecule has 1 aliphatic rings. The number of alkyl halides is 1. The van der Waals surface area contributed by atoms with Crippen LogP contribution in [0.4, 0.5) is 5.69 Å². The molecule has 0 spiro atoms. The molecule has 1 atom stereocenters. The van der Waals surface area contributed by atoms with E-state index in [0.29, 0.717) is 0 Å². The van der Waals surface area contributed by atoms with Crippen LogP contribution in [0.2, 0.25) is 0 Å². The van der Waals surface area contributed by atoms with Gasteiger partial charge in [0.1, 0.15) is 5.54 Å². The van der Waals surface area contributed by atoms with Crippen molar-refractivity contribution in [1.82, 2.24) is 0 Å². The third-order valence-corrected chi connectivity index (χ3v) is 5.75. The molecule has 1 aliphatic heterocycles. The summed E-state index contributed by atoms with van der Waals surface area (Å²) in [4.78, 5) is 15.2. The number of anilines is 1. The lowest BCUT2D eigenvalue weighted by molar-refractivity contribution is 0.0985. The minimum atomic E-state index is -0.475. The number of carbonyl (C=O) groups excluding carboxylic acids is 1. The minimum Gasteiger partial charge on any atom is -0.293 e. The Bertz CT molecular complexity index is 879. The maximum atomic E-state index is 13.3. The molecule has 1 heterocycles. The lowest BCUT2D eigenvalue weighted by atomic mass is 9.84. The van der Waals surface area contributed by atoms with Gasteiger partial charge >= 0.3 is 0 Å². The molecule has 118 valence electrons. The first-order valence-corrected chi connectivity index (χ1v) is 9.42. The normalized spacial score (nSPS) is 19.4. The molecule has 0 saturated carbocycles. The zero-order chi connectivity index (χ0) is 16.6. The first-order valence-electron chi connectivity index (χ1n) is 7.89. The summed E-state index contributed by atoms with van der Waals surface area (Å²) >= 11 is 2.40. The van der Waals surface area contributed by atoms with E-state index in [2.05, 4.69) is 40.8 Å². The quantitative estimate of drug-likeness (QED) is 0.426. The average Bonchev–Trinajstić information content (AvgIpc) is 2.93. The smallest absolute Gasteiger partial charge is 0.259 e. The van der Waals surface area contributed by atoms with Crippen molar-refractivity contribution in [1.29, 1.82) is 0 Å². The van der Waals surface area contributed by atoms with Crippen molar-refractivity contribution in [3.8, 4) is 0 Å². The molecule has 0 saturated heterocycles. The van der Waals surface area contributed by atoms with Gasteiger partial charge in [0.05, 0.1) is 0 Å². The fourth-order valence-electron chi connectivity index (χ4n) is 3.57. The van der Waals surface area contributed by atoms with E-state index in [1.807, 2.05) is 71.6 Å². The van der Waals surface area contributed by atoms with Crippen LogP contribution in [0, 0.1) is 0 Å². The summed E-state index contributed by atoms with van der Waals surface area (Å²) in [5, 5.41) is 0. The van der Waals surface area contributed by atoms with Crippen molar-refractivity contribution in [2.75, 3.05) is 9.33 Å². The van der Waals surface area contributed by atoms with E-state index in [4.69, 9.17) is 0 Å². The van der Waals surface area contributed by atoms with Gasteiger partial charge in [0.15, 0.2) is 0 Å². The number of hydrogen-bond donors (Lipinski definition) is 0. The van der Waals surface area contributed by atoms with Crippen LogP contribution < -0.4 is 4.90 Å². The Hall–Kier alpha value is -2.14. The van der Waals surface area contributed by atoms with E-state index in [1.165, 1.54) is 0 Å². The van der Waals surface area contributed by atoms with Gasteiger partial charge in [0, 0.05) is 15.7 Å². The standard InChI is InChI=1S/C21H16INO/c22-15-21(16-9-3-1-4-10-16)19-14-8-7-13-18(19)20(24)23(21)17-11-5-2-6-12-17/h1-14H,15H2. The summed E-state index contributed by atoms with van der Waals surface area (Å²) in [6, 6.07) is 28.3. The highest BCUT2D eigenvalue weighted by Gasteiger charge is 2.50. The second kappa shape index (κ2) is 6.06. The van der Waals surface area contributed by atoms with Crippen molar-refractivity contribution in [3.63, 3.8) is 0 Å². The van der Waals surface area contributed by atoms with Gasteiger partial charge < -0.3 is 0 Å². The number of para-hydroxylation sites is 1. The third-order valence-electron chi connectivity index (χ3n) is 4.65. The van der Waals surface area contributed by atoms with Crippen molar-refractivity contribution in [2.24, 2.45) is 0 Å². The van der Waals surface area contributed by atoms with E-state index in [9.17, 15) is 4.79 Å². The van der Waals surface area contributed by atoms with Crippen LogP contribution in [-0.2, 0) is 5.54 Å². The van der Waals surface area contributed by atoms with Crippen LogP contribution >= 0.6 is 22.6 Å². The number of nitrogens with zero attached hydrogens (tertiary/aromatic N) is 1. The van der Waals surface area contributed by atoms with Crippen LogP contribution in [0.25, 0.3) is 0 Å². The topological polar surface area (TPSA) is 20.3 Å². The lowest BCUT2D eigenvalue weighted by Gasteiger charge is -2.38. The summed E-state index contributed by atoms with van der Waals surface area (Å²) in [5.41, 5.74) is 3.47. The third kappa shape index (κ3) is 2.11. The molecule has 4 rings (SSSR count). The van der Waals surface area contributed by atoms with Gasteiger partial charge in [0.25, 0.3) is 5.91 Å². The Morgan fingerprint density at radius 3 is 2.04 bits per heavy atom. The highest BCUT2D eigenvalue weighted by Crippen LogP contribution is 2.47. The van der Waals surface area contributed by atoms with Crippen LogP contribution in [0.15, 0.2) is 84.9 Å². The molecule has 2 nitrogen and oxygen atoms in total. The van der Waals surface area contributed by atoms with Crippen LogP contribution in [0.3, 0.4) is 0 Å². The molecule has 0 bridgehead atoms. The highest BCUT2D eigenvalue weighted by molar-refractivity contribution is 14.1. The van der Waals surface area contributed by atoms with E-state index in [-0.39, 0.29) is 5.91 Å². The van der Waals surface area contributed by atoms with Gasteiger partial charge in [-0.05, 0) is 29.3 Å². The fourth-order valence-corrected chi connectivity index (χ4v) is 4.76. The number of rotatable bonds is 3. The van der Waals surface area contributed by atoms with Gasteiger partial charge in [-0.2, -0.15) is 0 Å². The van der Waals surface area contributed by atoms with E-state index in [0.717, 1.165) is 26.8 Å². The summed E-state index contributed by atoms with van der Waals surface area (Å²) in [7, 11) is 0. The second-order valence-electron chi connectivity index (χ2n) is 5.88. The molecule has 0 radical (unpaired) electrons. The summed E-state index contributed by atoms with van der Waals surface area (Å²) in [5.74, 6) is 0.0670. The lowest BCUT2D eigenvalue weighted by Crippen LogP contribution is -2.46. The number of amides is 1. The van der Waals surface area contributed by atoms with Gasteiger partial charge in [0.2, 0.25) is 0 Å². The molecule has 3 aromatic rings. The number of halogens is 1. The van der Waals surface area contributed by atoms with Gasteiger partial charge in [-0.25, -0.2) is 0 Å². The molecule has 1 unspecified atom stereocenters. The molecule has 24 heavy (non-hydrogen) atoms. The number of benzene rings is 3.